The molecule has 3 N–H and O–H groups in total. The van der Waals surface area contributed by atoms with Crippen molar-refractivity contribution in [3.63, 3.8) is 0 Å². The van der Waals surface area contributed by atoms with Crippen molar-refractivity contribution in [2.24, 2.45) is 11.7 Å². The highest BCUT2D eigenvalue weighted by Crippen LogP contribution is 2.33. The van der Waals surface area contributed by atoms with E-state index in [0.29, 0.717) is 12.3 Å². The van der Waals surface area contributed by atoms with Crippen molar-refractivity contribution in [1.82, 2.24) is 4.72 Å². The zero-order valence-electron chi connectivity index (χ0n) is 11.0. The summed E-state index contributed by atoms with van der Waals surface area (Å²) in [5.74, 6) is -1.86. The Labute approximate surface area is 117 Å². The SMILES string of the molecule is NCc1cc(F)c(F)c(S(=O)(=O)NCCCC2CC2)c1. The Morgan fingerprint density at radius 1 is 1.30 bits per heavy atom. The molecule has 0 bridgehead atoms. The molecule has 1 saturated carbocycles. The van der Waals surface area contributed by atoms with Crippen molar-refractivity contribution in [1.29, 1.82) is 0 Å². The first-order valence-electron chi connectivity index (χ1n) is 6.61. The molecule has 0 unspecified atom stereocenters. The van der Waals surface area contributed by atoms with Crippen LogP contribution in [0.25, 0.3) is 0 Å². The van der Waals surface area contributed by atoms with Gasteiger partial charge in [0.05, 0.1) is 0 Å². The first kappa shape index (κ1) is 15.3. The van der Waals surface area contributed by atoms with Gasteiger partial charge in [0.25, 0.3) is 0 Å². The molecule has 0 radical (unpaired) electrons. The molecule has 1 aromatic rings. The normalized spacial score (nSPS) is 15.6. The van der Waals surface area contributed by atoms with E-state index in [0.717, 1.165) is 18.6 Å². The van der Waals surface area contributed by atoms with E-state index >= 15 is 0 Å². The predicted molar refractivity (Wildman–Crippen MR) is 71.4 cm³/mol. The molecule has 1 aliphatic carbocycles. The predicted octanol–water partition coefficient (Wildman–Crippen LogP) is 1.89. The zero-order chi connectivity index (χ0) is 14.8. The van der Waals surface area contributed by atoms with E-state index < -0.39 is 26.6 Å². The third-order valence-electron chi connectivity index (χ3n) is 3.36. The van der Waals surface area contributed by atoms with Crippen LogP contribution in [0.3, 0.4) is 0 Å². The molecule has 2 rings (SSSR count). The highest BCUT2D eigenvalue weighted by molar-refractivity contribution is 7.89. The zero-order valence-corrected chi connectivity index (χ0v) is 11.8. The van der Waals surface area contributed by atoms with Crippen LogP contribution < -0.4 is 10.5 Å². The van der Waals surface area contributed by atoms with E-state index in [-0.39, 0.29) is 18.7 Å². The van der Waals surface area contributed by atoms with Crippen LogP contribution in [-0.2, 0) is 16.6 Å². The van der Waals surface area contributed by atoms with Crippen LogP contribution in [0.15, 0.2) is 17.0 Å². The van der Waals surface area contributed by atoms with Crippen molar-refractivity contribution in [2.45, 2.75) is 37.1 Å². The lowest BCUT2D eigenvalue weighted by Crippen LogP contribution is -2.26. The lowest BCUT2D eigenvalue weighted by Gasteiger charge is -2.09. The van der Waals surface area contributed by atoms with E-state index in [4.69, 9.17) is 5.73 Å². The number of sulfonamides is 1. The largest absolute Gasteiger partial charge is 0.326 e. The fraction of sp³-hybridized carbons (Fsp3) is 0.538. The number of rotatable bonds is 7. The van der Waals surface area contributed by atoms with E-state index in [1.807, 2.05) is 0 Å². The quantitative estimate of drug-likeness (QED) is 0.756. The average Bonchev–Trinajstić information content (AvgIpc) is 3.21. The minimum Gasteiger partial charge on any atom is -0.326 e. The van der Waals surface area contributed by atoms with Crippen LogP contribution in [0.2, 0.25) is 0 Å². The Kier molecular flexibility index (Phi) is 4.72. The molecular formula is C13H18F2N2O2S. The third-order valence-corrected chi connectivity index (χ3v) is 4.82. The summed E-state index contributed by atoms with van der Waals surface area (Å²) in [4.78, 5) is -0.677. The highest BCUT2D eigenvalue weighted by atomic mass is 32.2. The van der Waals surface area contributed by atoms with Gasteiger partial charge in [-0.1, -0.05) is 12.8 Å². The van der Waals surface area contributed by atoms with E-state index in [1.165, 1.54) is 12.8 Å². The molecule has 4 nitrogen and oxygen atoms in total. The van der Waals surface area contributed by atoms with Gasteiger partial charge in [0, 0.05) is 13.1 Å². The molecule has 7 heteroatoms. The number of halogens is 2. The minimum atomic E-state index is -4.04. The van der Waals surface area contributed by atoms with Gasteiger partial charge < -0.3 is 5.73 Å². The van der Waals surface area contributed by atoms with Crippen molar-refractivity contribution in [3.05, 3.63) is 29.3 Å². The first-order chi connectivity index (χ1) is 9.44. The summed E-state index contributed by atoms with van der Waals surface area (Å²) >= 11 is 0. The molecule has 1 fully saturated rings. The maximum Gasteiger partial charge on any atom is 0.243 e. The van der Waals surface area contributed by atoms with E-state index in [2.05, 4.69) is 4.72 Å². The molecule has 0 saturated heterocycles. The van der Waals surface area contributed by atoms with Gasteiger partial charge in [-0.2, -0.15) is 0 Å². The highest BCUT2D eigenvalue weighted by Gasteiger charge is 2.24. The molecule has 0 atom stereocenters. The maximum absolute atomic E-state index is 13.6. The molecule has 112 valence electrons. The van der Waals surface area contributed by atoms with Crippen LogP contribution in [0, 0.1) is 17.6 Å². The Bertz CT molecular complexity index is 586. The second-order valence-corrected chi connectivity index (χ2v) is 6.81. The van der Waals surface area contributed by atoms with Crippen molar-refractivity contribution >= 4 is 10.0 Å². The second kappa shape index (κ2) is 6.15. The molecule has 0 amide bonds. The standard InChI is InChI=1S/C13H18F2N2O2S/c14-11-6-10(8-16)7-12(13(11)15)20(18,19)17-5-1-2-9-3-4-9/h6-7,9,17H,1-5,8,16H2. The number of hydrogen-bond acceptors (Lipinski definition) is 3. The smallest absolute Gasteiger partial charge is 0.243 e. The van der Waals surface area contributed by atoms with Crippen LogP contribution in [-0.4, -0.2) is 15.0 Å². The van der Waals surface area contributed by atoms with Gasteiger partial charge in [-0.05, 0) is 36.5 Å². The molecule has 0 heterocycles. The molecule has 1 aromatic carbocycles. The summed E-state index contributed by atoms with van der Waals surface area (Å²) in [6.07, 6.45) is 4.06. The monoisotopic (exact) mass is 304 g/mol. The summed E-state index contributed by atoms with van der Waals surface area (Å²) in [6, 6.07) is 1.98. The molecule has 0 spiro atoms. The van der Waals surface area contributed by atoms with Crippen LogP contribution in [0.5, 0.6) is 0 Å². The molecular weight excluding hydrogens is 286 g/mol. The maximum atomic E-state index is 13.6. The van der Waals surface area contributed by atoms with Crippen LogP contribution >= 0.6 is 0 Å². The van der Waals surface area contributed by atoms with Gasteiger partial charge >= 0.3 is 0 Å². The van der Waals surface area contributed by atoms with Crippen molar-refractivity contribution < 1.29 is 17.2 Å². The lowest BCUT2D eigenvalue weighted by molar-refractivity contribution is 0.481. The van der Waals surface area contributed by atoms with Crippen LogP contribution in [0.1, 0.15) is 31.2 Å². The van der Waals surface area contributed by atoms with Gasteiger partial charge in [-0.3, -0.25) is 0 Å². The molecule has 1 aliphatic rings. The number of hydrogen-bond donors (Lipinski definition) is 2. The summed E-state index contributed by atoms with van der Waals surface area (Å²) in [5, 5.41) is 0. The van der Waals surface area contributed by atoms with Crippen LogP contribution in [0.4, 0.5) is 8.78 Å². The Morgan fingerprint density at radius 2 is 2.00 bits per heavy atom. The van der Waals surface area contributed by atoms with E-state index in [9.17, 15) is 17.2 Å². The van der Waals surface area contributed by atoms with Gasteiger partial charge in [0.2, 0.25) is 10.0 Å². The van der Waals surface area contributed by atoms with E-state index in [1.54, 1.807) is 0 Å². The summed E-state index contributed by atoms with van der Waals surface area (Å²) < 4.78 is 53.2. The third kappa shape index (κ3) is 3.74. The number of benzene rings is 1. The first-order valence-corrected chi connectivity index (χ1v) is 8.10. The fourth-order valence-corrected chi connectivity index (χ4v) is 3.22. The van der Waals surface area contributed by atoms with Crippen molar-refractivity contribution in [3.8, 4) is 0 Å². The summed E-state index contributed by atoms with van der Waals surface area (Å²) in [5.41, 5.74) is 5.58. The topological polar surface area (TPSA) is 72.2 Å². The van der Waals surface area contributed by atoms with Gasteiger partial charge in [-0.15, -0.1) is 0 Å². The molecule has 0 aliphatic heterocycles. The molecule has 0 aromatic heterocycles. The summed E-state index contributed by atoms with van der Waals surface area (Å²) in [6.45, 7) is 0.175. The van der Waals surface area contributed by atoms with Gasteiger partial charge in [0.15, 0.2) is 11.6 Å². The average molecular weight is 304 g/mol. The Hall–Kier alpha value is -1.05. The Balaban J connectivity index is 2.08. The van der Waals surface area contributed by atoms with Gasteiger partial charge in [0.1, 0.15) is 4.90 Å². The second-order valence-electron chi connectivity index (χ2n) is 5.08. The van der Waals surface area contributed by atoms with Gasteiger partial charge in [-0.25, -0.2) is 21.9 Å². The van der Waals surface area contributed by atoms with Crippen molar-refractivity contribution in [2.75, 3.05) is 6.54 Å². The number of nitrogens with one attached hydrogen (secondary N) is 1. The lowest BCUT2D eigenvalue weighted by atomic mass is 10.2. The fourth-order valence-electron chi connectivity index (χ4n) is 2.01. The minimum absolute atomic E-state index is 0.0542. The Morgan fingerprint density at radius 3 is 2.60 bits per heavy atom. The molecule has 20 heavy (non-hydrogen) atoms. The number of nitrogens with two attached hydrogens (primary N) is 1. The summed E-state index contributed by atoms with van der Waals surface area (Å²) in [7, 11) is -4.04.